The molecule has 1 aliphatic heterocycles. The van der Waals surface area contributed by atoms with Gasteiger partial charge in [0.05, 0.1) is 0 Å². The number of nitrogens with zero attached hydrogens (tertiary/aromatic N) is 1. The van der Waals surface area contributed by atoms with Gasteiger partial charge in [-0.3, -0.25) is 4.90 Å². The molecule has 1 saturated heterocycles. The van der Waals surface area contributed by atoms with Crippen LogP contribution in [-0.4, -0.2) is 47.3 Å². The zero-order chi connectivity index (χ0) is 12.3. The monoisotopic (exact) mass is 240 g/mol. The molecule has 0 amide bonds. The highest BCUT2D eigenvalue weighted by atomic mass is 16.3. The van der Waals surface area contributed by atoms with Crippen molar-refractivity contribution in [2.75, 3.05) is 19.7 Å². The third-order valence-electron chi connectivity index (χ3n) is 4.37. The molecular weight excluding hydrogens is 212 g/mol. The average Bonchev–Trinajstić information content (AvgIpc) is 2.32. The van der Waals surface area contributed by atoms with Gasteiger partial charge in [0.2, 0.25) is 0 Å². The Morgan fingerprint density at radius 2 is 1.94 bits per heavy atom. The van der Waals surface area contributed by atoms with Crippen LogP contribution in [0, 0.1) is 0 Å². The zero-order valence-electron chi connectivity index (χ0n) is 11.4. The highest BCUT2D eigenvalue weighted by molar-refractivity contribution is 4.95. The van der Waals surface area contributed by atoms with E-state index in [1.165, 1.54) is 32.1 Å². The van der Waals surface area contributed by atoms with Gasteiger partial charge in [-0.15, -0.1) is 0 Å². The van der Waals surface area contributed by atoms with Crippen LogP contribution in [-0.2, 0) is 0 Å². The van der Waals surface area contributed by atoms with Crippen molar-refractivity contribution in [1.29, 1.82) is 0 Å². The van der Waals surface area contributed by atoms with E-state index in [4.69, 9.17) is 0 Å². The van der Waals surface area contributed by atoms with Crippen LogP contribution in [0.25, 0.3) is 0 Å². The van der Waals surface area contributed by atoms with Crippen LogP contribution in [0.3, 0.4) is 0 Å². The molecule has 1 heterocycles. The van der Waals surface area contributed by atoms with Crippen LogP contribution in [0.2, 0.25) is 0 Å². The van der Waals surface area contributed by atoms with Crippen LogP contribution in [0.4, 0.5) is 0 Å². The lowest BCUT2D eigenvalue weighted by molar-refractivity contribution is 0.0271. The van der Waals surface area contributed by atoms with Crippen molar-refractivity contribution >= 4 is 0 Å². The fraction of sp³-hybridized carbons (Fsp3) is 1.00. The van der Waals surface area contributed by atoms with Gasteiger partial charge in [-0.25, -0.2) is 0 Å². The van der Waals surface area contributed by atoms with Gasteiger partial charge in [0, 0.05) is 37.3 Å². The van der Waals surface area contributed by atoms with Crippen LogP contribution in [0.1, 0.15) is 52.4 Å². The molecule has 2 fully saturated rings. The lowest BCUT2D eigenvalue weighted by Gasteiger charge is -2.49. The van der Waals surface area contributed by atoms with E-state index in [1.54, 1.807) is 0 Å². The van der Waals surface area contributed by atoms with Crippen molar-refractivity contribution in [2.45, 2.75) is 70.0 Å². The molecule has 0 aromatic carbocycles. The first-order valence-electron chi connectivity index (χ1n) is 7.24. The summed E-state index contributed by atoms with van der Waals surface area (Å²) in [5.41, 5.74) is 0.226. The number of hydrogen-bond donors (Lipinski definition) is 2. The molecule has 1 atom stereocenters. The second-order valence-corrected chi connectivity index (χ2v) is 6.40. The molecule has 1 unspecified atom stereocenters. The van der Waals surface area contributed by atoms with Gasteiger partial charge in [-0.1, -0.05) is 19.3 Å². The fourth-order valence-electron chi connectivity index (χ4n) is 3.41. The molecule has 100 valence electrons. The summed E-state index contributed by atoms with van der Waals surface area (Å²) in [5, 5.41) is 12.8. The maximum atomic E-state index is 9.21. The van der Waals surface area contributed by atoms with Crippen LogP contribution < -0.4 is 5.32 Å². The van der Waals surface area contributed by atoms with Gasteiger partial charge in [-0.2, -0.15) is 0 Å². The van der Waals surface area contributed by atoms with Gasteiger partial charge < -0.3 is 10.4 Å². The molecule has 3 nitrogen and oxygen atoms in total. The number of nitrogens with one attached hydrogen (secondary N) is 1. The van der Waals surface area contributed by atoms with E-state index in [9.17, 15) is 5.11 Å². The van der Waals surface area contributed by atoms with Crippen LogP contribution in [0.5, 0.6) is 0 Å². The SMILES string of the molecule is CC1(C)CN(C2CCCCC2)C(CCO)CN1. The molecule has 0 bridgehead atoms. The number of hydrogen-bond acceptors (Lipinski definition) is 3. The van der Waals surface area contributed by atoms with Gasteiger partial charge in [0.25, 0.3) is 0 Å². The van der Waals surface area contributed by atoms with Crippen LogP contribution in [0.15, 0.2) is 0 Å². The molecule has 2 N–H and O–H groups in total. The molecule has 17 heavy (non-hydrogen) atoms. The maximum absolute atomic E-state index is 9.21. The minimum Gasteiger partial charge on any atom is -0.396 e. The number of aliphatic hydroxyl groups excluding tert-OH is 1. The standard InChI is InChI=1S/C14H28N2O/c1-14(2)11-16(12-6-4-3-5-7-12)13(8-9-17)10-15-14/h12-13,15,17H,3-11H2,1-2H3. The van der Waals surface area contributed by atoms with E-state index in [2.05, 4.69) is 24.1 Å². The Morgan fingerprint density at radius 3 is 2.59 bits per heavy atom. The molecule has 0 aromatic heterocycles. The summed E-state index contributed by atoms with van der Waals surface area (Å²) in [6, 6.07) is 1.30. The number of piperazine rings is 1. The van der Waals surface area contributed by atoms with E-state index in [0.29, 0.717) is 12.6 Å². The Morgan fingerprint density at radius 1 is 1.24 bits per heavy atom. The summed E-state index contributed by atoms with van der Waals surface area (Å²) in [6.45, 7) is 7.05. The Balaban J connectivity index is 2.01. The van der Waals surface area contributed by atoms with Gasteiger partial charge in [0.1, 0.15) is 0 Å². The predicted octanol–water partition coefficient (Wildman–Crippen LogP) is 1.75. The summed E-state index contributed by atoms with van der Waals surface area (Å²) in [7, 11) is 0. The van der Waals surface area contributed by atoms with Crippen LogP contribution >= 0.6 is 0 Å². The highest BCUT2D eigenvalue weighted by Gasteiger charge is 2.36. The van der Waals surface area contributed by atoms with Gasteiger partial charge in [-0.05, 0) is 33.1 Å². The topological polar surface area (TPSA) is 35.5 Å². The largest absolute Gasteiger partial charge is 0.396 e. The van der Waals surface area contributed by atoms with Gasteiger partial charge >= 0.3 is 0 Å². The molecule has 3 heteroatoms. The summed E-state index contributed by atoms with van der Waals surface area (Å²) in [4.78, 5) is 2.69. The molecule has 2 aliphatic rings. The lowest BCUT2D eigenvalue weighted by Crippen LogP contribution is -2.64. The molecule has 2 rings (SSSR count). The fourth-order valence-corrected chi connectivity index (χ4v) is 3.41. The van der Waals surface area contributed by atoms with E-state index in [0.717, 1.165) is 25.6 Å². The molecule has 0 radical (unpaired) electrons. The van der Waals surface area contributed by atoms with Crippen molar-refractivity contribution in [3.63, 3.8) is 0 Å². The van der Waals surface area contributed by atoms with E-state index in [-0.39, 0.29) is 5.54 Å². The Kier molecular flexibility index (Phi) is 4.45. The third-order valence-corrected chi connectivity index (χ3v) is 4.37. The Hall–Kier alpha value is -0.120. The first kappa shape index (κ1) is 13.3. The van der Waals surface area contributed by atoms with Crippen molar-refractivity contribution in [2.24, 2.45) is 0 Å². The Labute approximate surface area is 106 Å². The molecule has 1 saturated carbocycles. The zero-order valence-corrected chi connectivity index (χ0v) is 11.4. The Bertz CT molecular complexity index is 232. The summed E-state index contributed by atoms with van der Waals surface area (Å²) < 4.78 is 0. The maximum Gasteiger partial charge on any atom is 0.0446 e. The predicted molar refractivity (Wildman–Crippen MR) is 71.2 cm³/mol. The number of aliphatic hydroxyl groups is 1. The highest BCUT2D eigenvalue weighted by Crippen LogP contribution is 2.28. The normalized spacial score (nSPS) is 31.6. The first-order valence-corrected chi connectivity index (χ1v) is 7.24. The number of rotatable bonds is 3. The second-order valence-electron chi connectivity index (χ2n) is 6.40. The summed E-state index contributed by atoms with van der Waals surface area (Å²) in [5.74, 6) is 0. The molecule has 0 aromatic rings. The summed E-state index contributed by atoms with van der Waals surface area (Å²) in [6.07, 6.45) is 7.83. The van der Waals surface area contributed by atoms with E-state index < -0.39 is 0 Å². The third kappa shape index (κ3) is 3.43. The smallest absolute Gasteiger partial charge is 0.0446 e. The van der Waals surface area contributed by atoms with Crippen molar-refractivity contribution in [1.82, 2.24) is 10.2 Å². The van der Waals surface area contributed by atoms with Crippen molar-refractivity contribution in [3.8, 4) is 0 Å². The van der Waals surface area contributed by atoms with Gasteiger partial charge in [0.15, 0.2) is 0 Å². The quantitative estimate of drug-likeness (QED) is 0.789. The van der Waals surface area contributed by atoms with Crippen molar-refractivity contribution < 1.29 is 5.11 Å². The minimum atomic E-state index is 0.226. The van der Waals surface area contributed by atoms with Crippen molar-refractivity contribution in [3.05, 3.63) is 0 Å². The molecule has 0 spiro atoms. The second kappa shape index (κ2) is 5.68. The van der Waals surface area contributed by atoms with E-state index >= 15 is 0 Å². The lowest BCUT2D eigenvalue weighted by atomic mass is 9.89. The van der Waals surface area contributed by atoms with E-state index in [1.807, 2.05) is 0 Å². The summed E-state index contributed by atoms with van der Waals surface area (Å²) >= 11 is 0. The molecule has 1 aliphatic carbocycles. The molecular formula is C14H28N2O. The average molecular weight is 240 g/mol. The first-order chi connectivity index (χ1) is 8.12. The minimum absolute atomic E-state index is 0.226.